The smallest absolute Gasteiger partial charge is 0.138 e. The fourth-order valence-electron chi connectivity index (χ4n) is 5.11. The molecule has 0 fully saturated rings. The summed E-state index contributed by atoms with van der Waals surface area (Å²) in [6.07, 6.45) is 2.82. The van der Waals surface area contributed by atoms with E-state index in [4.69, 9.17) is 4.98 Å². The Morgan fingerprint density at radius 3 is 2.10 bits per heavy atom. The van der Waals surface area contributed by atoms with E-state index in [2.05, 4.69) is 93.3 Å². The molecule has 40 heavy (non-hydrogen) atoms. The largest absolute Gasteiger partial charge is 0.354 e. The van der Waals surface area contributed by atoms with Crippen molar-refractivity contribution in [2.45, 2.75) is 6.42 Å². The second kappa shape index (κ2) is 10.4. The molecule has 0 saturated carbocycles. The fraction of sp³-hybridized carbons (Fsp3) is 0.0286. The number of aromatic nitrogens is 3. The highest BCUT2D eigenvalue weighted by Gasteiger charge is 2.12. The van der Waals surface area contributed by atoms with Crippen LogP contribution < -0.4 is 5.43 Å². The van der Waals surface area contributed by atoms with Gasteiger partial charge in [0.15, 0.2) is 0 Å². The van der Waals surface area contributed by atoms with Gasteiger partial charge in [0.05, 0.1) is 28.6 Å². The topological polar surface area (TPSA) is 68.9 Å². The molecule has 5 heteroatoms. The summed E-state index contributed by atoms with van der Waals surface area (Å²) in [5, 5.41) is 5.75. The van der Waals surface area contributed by atoms with Crippen molar-refractivity contribution >= 4 is 33.8 Å². The molecule has 2 aromatic heterocycles. The minimum atomic E-state index is 0.856. The number of rotatable bonds is 7. The van der Waals surface area contributed by atoms with Gasteiger partial charge in [-0.15, -0.1) is 0 Å². The van der Waals surface area contributed by atoms with Crippen LogP contribution in [0.3, 0.4) is 0 Å². The molecular weight excluding hydrogens is 490 g/mol. The van der Waals surface area contributed by atoms with Crippen LogP contribution in [0.15, 0.2) is 132 Å². The predicted molar refractivity (Wildman–Crippen MR) is 166 cm³/mol. The van der Waals surface area contributed by atoms with Crippen LogP contribution in [0, 0.1) is 0 Å². The number of para-hydroxylation sites is 3. The van der Waals surface area contributed by atoms with Crippen LogP contribution in [0.5, 0.6) is 0 Å². The lowest BCUT2D eigenvalue weighted by molar-refractivity contribution is 1.19. The normalized spacial score (nSPS) is 11.5. The Kier molecular flexibility index (Phi) is 6.15. The Labute approximate surface area is 232 Å². The lowest BCUT2D eigenvalue weighted by atomic mass is 10.0. The standard InChI is InChI=1S/C35H27N5/c1-2-8-24(9-3-1)22-25-14-16-26(17-15-25)34-30(29-10-4-5-11-31(29)37-34)23-36-40-28-20-18-27(19-21-28)35-38-32-12-6-7-13-33(32)39-35/h1-21,23,37,40H,22H2,(H,38,39)/b36-23+. The van der Waals surface area contributed by atoms with Crippen LogP contribution in [-0.4, -0.2) is 21.2 Å². The van der Waals surface area contributed by atoms with E-state index >= 15 is 0 Å². The maximum absolute atomic E-state index is 4.69. The minimum Gasteiger partial charge on any atom is -0.354 e. The zero-order valence-corrected chi connectivity index (χ0v) is 21.8. The van der Waals surface area contributed by atoms with Gasteiger partial charge in [-0.2, -0.15) is 5.10 Å². The third-order valence-electron chi connectivity index (χ3n) is 7.17. The maximum Gasteiger partial charge on any atom is 0.138 e. The van der Waals surface area contributed by atoms with Gasteiger partial charge in [-0.05, 0) is 65.6 Å². The highest BCUT2D eigenvalue weighted by molar-refractivity contribution is 6.06. The summed E-state index contributed by atoms with van der Waals surface area (Å²) in [6, 6.07) is 43.9. The third kappa shape index (κ3) is 4.76. The number of benzene rings is 5. The van der Waals surface area contributed by atoms with Gasteiger partial charge in [-0.1, -0.05) is 84.9 Å². The summed E-state index contributed by atoms with van der Waals surface area (Å²) in [5.74, 6) is 0.856. The Bertz CT molecular complexity index is 1900. The van der Waals surface area contributed by atoms with E-state index in [0.717, 1.165) is 62.3 Å². The zero-order valence-electron chi connectivity index (χ0n) is 21.8. The van der Waals surface area contributed by atoms with Gasteiger partial charge in [-0.3, -0.25) is 5.43 Å². The van der Waals surface area contributed by atoms with Crippen LogP contribution in [0.2, 0.25) is 0 Å². The average Bonchev–Trinajstić information content (AvgIpc) is 3.61. The summed E-state index contributed by atoms with van der Waals surface area (Å²) < 4.78 is 0. The lowest BCUT2D eigenvalue weighted by Gasteiger charge is -2.06. The molecule has 7 rings (SSSR count). The first-order chi connectivity index (χ1) is 19.8. The monoisotopic (exact) mass is 517 g/mol. The quantitative estimate of drug-likeness (QED) is 0.147. The van der Waals surface area contributed by atoms with E-state index in [1.807, 2.05) is 60.8 Å². The number of imidazole rings is 1. The van der Waals surface area contributed by atoms with Gasteiger partial charge in [0, 0.05) is 22.0 Å². The van der Waals surface area contributed by atoms with Crippen molar-refractivity contribution in [1.82, 2.24) is 15.0 Å². The van der Waals surface area contributed by atoms with E-state index in [0.29, 0.717) is 0 Å². The van der Waals surface area contributed by atoms with E-state index in [9.17, 15) is 0 Å². The molecule has 0 aliphatic heterocycles. The summed E-state index contributed by atoms with van der Waals surface area (Å²) in [7, 11) is 0. The van der Waals surface area contributed by atoms with E-state index in [1.54, 1.807) is 0 Å². The Hall–Kier alpha value is -5.42. The maximum atomic E-state index is 4.69. The molecule has 0 amide bonds. The first kappa shape index (κ1) is 23.7. The number of hydrogen-bond donors (Lipinski definition) is 3. The van der Waals surface area contributed by atoms with E-state index in [1.165, 1.54) is 11.1 Å². The molecule has 0 unspecified atom stereocenters. The molecule has 7 aromatic rings. The molecule has 192 valence electrons. The van der Waals surface area contributed by atoms with Crippen molar-refractivity contribution in [3.05, 3.63) is 144 Å². The van der Waals surface area contributed by atoms with Crippen LogP contribution in [0.1, 0.15) is 16.7 Å². The first-order valence-corrected chi connectivity index (χ1v) is 13.4. The molecular formula is C35H27N5. The Morgan fingerprint density at radius 1 is 0.625 bits per heavy atom. The van der Waals surface area contributed by atoms with Gasteiger partial charge in [0.2, 0.25) is 0 Å². The summed E-state index contributed by atoms with van der Waals surface area (Å²) in [5.41, 5.74) is 14.0. The fourth-order valence-corrected chi connectivity index (χ4v) is 5.11. The Morgan fingerprint density at radius 2 is 1.30 bits per heavy atom. The zero-order chi connectivity index (χ0) is 26.7. The molecule has 5 aromatic carbocycles. The third-order valence-corrected chi connectivity index (χ3v) is 7.17. The SMILES string of the molecule is C(=N\Nc1ccc(-c2nc3ccccc3[nH]2)cc1)/c1c(-c2ccc(Cc3ccccc3)cc2)[nH]c2ccccc12. The molecule has 0 bridgehead atoms. The van der Waals surface area contributed by atoms with Gasteiger partial charge in [0.25, 0.3) is 0 Å². The second-order valence-electron chi connectivity index (χ2n) is 9.87. The molecule has 0 spiro atoms. The minimum absolute atomic E-state index is 0.856. The molecule has 0 atom stereocenters. The number of hydrogen-bond acceptors (Lipinski definition) is 3. The molecule has 0 radical (unpaired) electrons. The summed E-state index contributed by atoms with van der Waals surface area (Å²) in [6.45, 7) is 0. The van der Waals surface area contributed by atoms with Crippen molar-refractivity contribution in [2.75, 3.05) is 5.43 Å². The molecule has 0 aliphatic carbocycles. The van der Waals surface area contributed by atoms with Crippen molar-refractivity contribution in [1.29, 1.82) is 0 Å². The Balaban J connectivity index is 1.12. The lowest BCUT2D eigenvalue weighted by Crippen LogP contribution is -1.93. The number of anilines is 1. The van der Waals surface area contributed by atoms with Gasteiger partial charge < -0.3 is 9.97 Å². The van der Waals surface area contributed by atoms with Crippen LogP contribution >= 0.6 is 0 Å². The van der Waals surface area contributed by atoms with E-state index in [-0.39, 0.29) is 0 Å². The van der Waals surface area contributed by atoms with Crippen molar-refractivity contribution in [3.8, 4) is 22.6 Å². The molecule has 0 aliphatic rings. The van der Waals surface area contributed by atoms with Crippen LogP contribution in [-0.2, 0) is 6.42 Å². The first-order valence-electron chi connectivity index (χ1n) is 13.4. The molecule has 0 saturated heterocycles. The summed E-state index contributed by atoms with van der Waals surface area (Å²) >= 11 is 0. The highest BCUT2D eigenvalue weighted by Crippen LogP contribution is 2.30. The second-order valence-corrected chi connectivity index (χ2v) is 9.87. The van der Waals surface area contributed by atoms with Crippen LogP contribution in [0.4, 0.5) is 5.69 Å². The molecule has 5 nitrogen and oxygen atoms in total. The summed E-state index contributed by atoms with van der Waals surface area (Å²) in [4.78, 5) is 11.7. The highest BCUT2D eigenvalue weighted by atomic mass is 15.3. The van der Waals surface area contributed by atoms with E-state index < -0.39 is 0 Å². The molecule has 3 N–H and O–H groups in total. The predicted octanol–water partition coefficient (Wildman–Crippen LogP) is 8.42. The van der Waals surface area contributed by atoms with Crippen molar-refractivity contribution in [3.63, 3.8) is 0 Å². The van der Waals surface area contributed by atoms with Crippen LogP contribution in [0.25, 0.3) is 44.6 Å². The van der Waals surface area contributed by atoms with Crippen molar-refractivity contribution < 1.29 is 0 Å². The van der Waals surface area contributed by atoms with Crippen molar-refractivity contribution in [2.24, 2.45) is 5.10 Å². The number of nitrogens with one attached hydrogen (secondary N) is 3. The number of hydrazone groups is 1. The van der Waals surface area contributed by atoms with Gasteiger partial charge in [0.1, 0.15) is 5.82 Å². The average molecular weight is 518 g/mol. The van der Waals surface area contributed by atoms with Gasteiger partial charge >= 0.3 is 0 Å². The van der Waals surface area contributed by atoms with Gasteiger partial charge in [-0.25, -0.2) is 4.98 Å². The number of H-pyrrole nitrogens is 2. The number of fused-ring (bicyclic) bond motifs is 2. The number of aromatic amines is 2. The molecule has 2 heterocycles. The number of nitrogens with zero attached hydrogens (tertiary/aromatic N) is 2.